The predicted molar refractivity (Wildman–Crippen MR) is 88.4 cm³/mol. The van der Waals surface area contributed by atoms with Gasteiger partial charge >= 0.3 is 0 Å². The molecule has 19 heavy (non-hydrogen) atoms. The van der Waals surface area contributed by atoms with E-state index in [0.29, 0.717) is 0 Å². The number of anilines is 2. The molecule has 0 saturated carbocycles. The number of aryl methyl sites for hydroxylation is 1. The summed E-state index contributed by atoms with van der Waals surface area (Å²) in [5, 5.41) is 3.26. The molecule has 1 N–H and O–H groups in total. The molecular formula is C13H11Br3N2O. The van der Waals surface area contributed by atoms with Crippen molar-refractivity contribution in [3.63, 3.8) is 0 Å². The second-order valence-electron chi connectivity index (χ2n) is 3.91. The third-order valence-electron chi connectivity index (χ3n) is 2.55. The highest BCUT2D eigenvalue weighted by Gasteiger charge is 2.08. The Labute approximate surface area is 137 Å². The molecule has 1 aromatic carbocycles. The number of rotatable bonds is 3. The maximum absolute atomic E-state index is 5.29. The summed E-state index contributed by atoms with van der Waals surface area (Å²) in [5.41, 5.74) is 2.02. The lowest BCUT2D eigenvalue weighted by atomic mass is 10.2. The van der Waals surface area contributed by atoms with E-state index >= 15 is 0 Å². The Morgan fingerprint density at radius 1 is 1.05 bits per heavy atom. The highest BCUT2D eigenvalue weighted by Crippen LogP contribution is 2.35. The van der Waals surface area contributed by atoms with Crippen LogP contribution in [0, 0.1) is 6.92 Å². The lowest BCUT2D eigenvalue weighted by Gasteiger charge is -2.12. The van der Waals surface area contributed by atoms with Crippen molar-refractivity contribution in [2.75, 3.05) is 12.4 Å². The highest BCUT2D eigenvalue weighted by molar-refractivity contribution is 9.11. The van der Waals surface area contributed by atoms with Gasteiger partial charge in [-0.15, -0.1) is 0 Å². The zero-order chi connectivity index (χ0) is 14.0. The van der Waals surface area contributed by atoms with Crippen LogP contribution in [-0.2, 0) is 0 Å². The quantitative estimate of drug-likeness (QED) is 0.677. The van der Waals surface area contributed by atoms with Gasteiger partial charge in [0.2, 0.25) is 0 Å². The van der Waals surface area contributed by atoms with E-state index in [1.807, 2.05) is 25.1 Å². The van der Waals surface area contributed by atoms with Crippen molar-refractivity contribution in [1.29, 1.82) is 0 Å². The zero-order valence-corrected chi connectivity index (χ0v) is 15.1. The highest BCUT2D eigenvalue weighted by atomic mass is 79.9. The molecule has 6 heteroatoms. The molecule has 2 rings (SSSR count). The van der Waals surface area contributed by atoms with Gasteiger partial charge in [-0.1, -0.05) is 0 Å². The van der Waals surface area contributed by atoms with Crippen molar-refractivity contribution in [1.82, 2.24) is 4.98 Å². The minimum absolute atomic E-state index is 0.763. The van der Waals surface area contributed by atoms with Crippen LogP contribution in [0.15, 0.2) is 37.8 Å². The average Bonchev–Trinajstić information content (AvgIpc) is 2.37. The van der Waals surface area contributed by atoms with Gasteiger partial charge in [-0.2, -0.15) is 0 Å². The van der Waals surface area contributed by atoms with Gasteiger partial charge in [0, 0.05) is 21.2 Å². The Balaban J connectivity index is 2.34. The molecule has 0 aliphatic rings. The van der Waals surface area contributed by atoms with Gasteiger partial charge in [-0.05, 0) is 72.4 Å². The standard InChI is InChI=1S/C13H11Br3N2O/c1-7-3-13(17-6-10(7)16)18-11-5-12(19-2)9(15)4-8(11)14/h3-6H,1-2H3,(H,17,18). The maximum atomic E-state index is 5.29. The van der Waals surface area contributed by atoms with Crippen molar-refractivity contribution in [3.8, 4) is 5.75 Å². The summed E-state index contributed by atoms with van der Waals surface area (Å²) in [6, 6.07) is 5.82. The van der Waals surface area contributed by atoms with Crippen LogP contribution < -0.4 is 10.1 Å². The van der Waals surface area contributed by atoms with Crippen molar-refractivity contribution in [2.45, 2.75) is 6.92 Å². The summed E-state index contributed by atoms with van der Waals surface area (Å²) in [6.07, 6.45) is 1.78. The van der Waals surface area contributed by atoms with E-state index in [9.17, 15) is 0 Å². The third kappa shape index (κ3) is 3.49. The first kappa shape index (κ1) is 14.8. The molecule has 0 spiro atoms. The second-order valence-corrected chi connectivity index (χ2v) is 6.47. The molecule has 3 nitrogen and oxygen atoms in total. The molecule has 0 saturated heterocycles. The van der Waals surface area contributed by atoms with E-state index in [1.54, 1.807) is 13.3 Å². The molecule has 1 aromatic heterocycles. The smallest absolute Gasteiger partial charge is 0.135 e. The van der Waals surface area contributed by atoms with E-state index in [2.05, 4.69) is 58.1 Å². The number of nitrogens with one attached hydrogen (secondary N) is 1. The molecule has 1 heterocycles. The predicted octanol–water partition coefficient (Wildman–Crippen LogP) is 5.43. The van der Waals surface area contributed by atoms with Crippen LogP contribution in [0.3, 0.4) is 0 Å². The molecule has 0 unspecified atom stereocenters. The number of hydrogen-bond acceptors (Lipinski definition) is 3. The molecule has 0 amide bonds. The molecule has 0 atom stereocenters. The van der Waals surface area contributed by atoms with Crippen molar-refractivity contribution < 1.29 is 4.74 Å². The van der Waals surface area contributed by atoms with Crippen LogP contribution in [0.2, 0.25) is 0 Å². The Bertz CT molecular complexity index is 617. The maximum Gasteiger partial charge on any atom is 0.135 e. The molecule has 0 radical (unpaired) electrons. The fourth-order valence-electron chi connectivity index (χ4n) is 1.53. The number of hydrogen-bond donors (Lipinski definition) is 1. The summed E-state index contributed by atoms with van der Waals surface area (Å²) < 4.78 is 8.11. The topological polar surface area (TPSA) is 34.1 Å². The Morgan fingerprint density at radius 3 is 2.42 bits per heavy atom. The summed E-state index contributed by atoms with van der Waals surface area (Å²) in [5.74, 6) is 1.55. The van der Waals surface area contributed by atoms with Crippen molar-refractivity contribution in [3.05, 3.63) is 43.4 Å². The number of ether oxygens (including phenoxy) is 1. The summed E-state index contributed by atoms with van der Waals surface area (Å²) in [6.45, 7) is 2.02. The van der Waals surface area contributed by atoms with Gasteiger partial charge in [0.1, 0.15) is 11.6 Å². The Morgan fingerprint density at radius 2 is 1.79 bits per heavy atom. The van der Waals surface area contributed by atoms with E-state index in [4.69, 9.17) is 4.74 Å². The van der Waals surface area contributed by atoms with Crippen LogP contribution in [-0.4, -0.2) is 12.1 Å². The Kier molecular flexibility index (Phi) is 4.86. The van der Waals surface area contributed by atoms with Gasteiger partial charge in [-0.25, -0.2) is 4.98 Å². The molecule has 100 valence electrons. The van der Waals surface area contributed by atoms with Gasteiger partial charge in [0.25, 0.3) is 0 Å². The molecular weight excluding hydrogens is 440 g/mol. The second kappa shape index (κ2) is 6.24. The fourth-order valence-corrected chi connectivity index (χ4v) is 3.00. The minimum Gasteiger partial charge on any atom is -0.495 e. The molecule has 2 aromatic rings. The molecule has 0 aliphatic heterocycles. The monoisotopic (exact) mass is 448 g/mol. The Hall–Kier alpha value is -0.590. The first-order valence-electron chi connectivity index (χ1n) is 5.43. The normalized spacial score (nSPS) is 10.4. The number of nitrogens with zero attached hydrogens (tertiary/aromatic N) is 1. The number of pyridine rings is 1. The average molecular weight is 451 g/mol. The van der Waals surface area contributed by atoms with Gasteiger partial charge in [0.15, 0.2) is 0 Å². The molecule has 0 aliphatic carbocycles. The summed E-state index contributed by atoms with van der Waals surface area (Å²) in [7, 11) is 1.64. The lowest BCUT2D eigenvalue weighted by Crippen LogP contribution is -1.96. The van der Waals surface area contributed by atoms with Crippen molar-refractivity contribution in [2.24, 2.45) is 0 Å². The SMILES string of the molecule is COc1cc(Nc2cc(C)c(Br)cn2)c(Br)cc1Br. The number of aromatic nitrogens is 1. The van der Waals surface area contributed by atoms with E-state index in [-0.39, 0.29) is 0 Å². The van der Waals surface area contributed by atoms with Crippen LogP contribution in [0.4, 0.5) is 11.5 Å². The van der Waals surface area contributed by atoms with Crippen LogP contribution in [0.1, 0.15) is 5.56 Å². The molecule has 0 fully saturated rings. The summed E-state index contributed by atoms with van der Waals surface area (Å²) in [4.78, 5) is 4.32. The largest absolute Gasteiger partial charge is 0.495 e. The zero-order valence-electron chi connectivity index (χ0n) is 10.3. The van der Waals surface area contributed by atoms with E-state index < -0.39 is 0 Å². The van der Waals surface area contributed by atoms with Crippen molar-refractivity contribution >= 4 is 59.3 Å². The number of benzene rings is 1. The first-order chi connectivity index (χ1) is 9.01. The number of methoxy groups -OCH3 is 1. The first-order valence-corrected chi connectivity index (χ1v) is 7.81. The van der Waals surface area contributed by atoms with Crippen LogP contribution >= 0.6 is 47.8 Å². The third-order valence-corrected chi connectivity index (χ3v) is 4.66. The van der Waals surface area contributed by atoms with E-state index in [0.717, 1.165) is 36.2 Å². The van der Waals surface area contributed by atoms with Gasteiger partial charge in [-0.3, -0.25) is 0 Å². The van der Waals surface area contributed by atoms with E-state index in [1.165, 1.54) is 0 Å². The number of halogens is 3. The molecule has 0 bridgehead atoms. The lowest BCUT2D eigenvalue weighted by molar-refractivity contribution is 0.412. The fraction of sp³-hybridized carbons (Fsp3) is 0.154. The summed E-state index contributed by atoms with van der Waals surface area (Å²) >= 11 is 10.4. The van der Waals surface area contributed by atoms with Gasteiger partial charge in [0.05, 0.1) is 17.3 Å². The van der Waals surface area contributed by atoms with Gasteiger partial charge < -0.3 is 10.1 Å². The van der Waals surface area contributed by atoms with Crippen LogP contribution in [0.5, 0.6) is 5.75 Å². The minimum atomic E-state index is 0.763. The van der Waals surface area contributed by atoms with Crippen LogP contribution in [0.25, 0.3) is 0 Å².